The van der Waals surface area contributed by atoms with Crippen LogP contribution in [0.4, 0.5) is 0 Å². The molecule has 0 unspecified atom stereocenters. The molecule has 1 aliphatic heterocycles. The summed E-state index contributed by atoms with van der Waals surface area (Å²) >= 11 is 0. The number of rotatable bonds is 4. The SMILES string of the molecule is C.CN(C)C(=O)c1cccc(/C=C/c2cc(-c3cc4c([nH]3)CCNC4=O)ccn2)c1. The third-order valence-corrected chi connectivity index (χ3v) is 4.88. The Bertz CT molecular complexity index is 1110. The van der Waals surface area contributed by atoms with Crippen molar-refractivity contribution in [3.63, 3.8) is 0 Å². The third-order valence-electron chi connectivity index (χ3n) is 4.88. The predicted molar refractivity (Wildman–Crippen MR) is 120 cm³/mol. The summed E-state index contributed by atoms with van der Waals surface area (Å²) in [6.07, 6.45) is 6.41. The van der Waals surface area contributed by atoms with Crippen molar-refractivity contribution in [2.45, 2.75) is 13.8 Å². The van der Waals surface area contributed by atoms with E-state index >= 15 is 0 Å². The summed E-state index contributed by atoms with van der Waals surface area (Å²) < 4.78 is 0. The molecule has 4 rings (SSSR count). The molecule has 0 radical (unpaired) electrons. The topological polar surface area (TPSA) is 78.1 Å². The lowest BCUT2D eigenvalue weighted by Gasteiger charge is -2.10. The standard InChI is InChI=1S/C23H22N4O2.CH4/c1-27(2)23(29)17-5-3-4-15(12-17)6-7-18-13-16(8-10-24-18)21-14-19-20(26-21)9-11-25-22(19)28;/h3-8,10,12-14,26H,9,11H2,1-2H3,(H,25,28);1H4/b7-6+;. The van der Waals surface area contributed by atoms with Gasteiger partial charge in [-0.1, -0.05) is 25.6 Å². The number of carbonyl (C=O) groups is 2. The molecule has 0 saturated carbocycles. The molecule has 3 aromatic rings. The largest absolute Gasteiger partial charge is 0.358 e. The van der Waals surface area contributed by atoms with Gasteiger partial charge in [-0.2, -0.15) is 0 Å². The van der Waals surface area contributed by atoms with Crippen LogP contribution in [0.1, 0.15) is 45.1 Å². The molecule has 2 N–H and O–H groups in total. The molecular formula is C24H26N4O2. The molecule has 0 bridgehead atoms. The van der Waals surface area contributed by atoms with E-state index in [9.17, 15) is 9.59 Å². The van der Waals surface area contributed by atoms with Crippen LogP contribution in [0.3, 0.4) is 0 Å². The number of fused-ring (bicyclic) bond motifs is 1. The van der Waals surface area contributed by atoms with Crippen LogP contribution in [0.25, 0.3) is 23.4 Å². The molecule has 0 aliphatic carbocycles. The summed E-state index contributed by atoms with van der Waals surface area (Å²) in [4.78, 5) is 33.5. The molecule has 6 heteroatoms. The molecule has 154 valence electrons. The number of nitrogens with zero attached hydrogens (tertiary/aromatic N) is 2. The molecule has 2 amide bonds. The molecule has 0 saturated heterocycles. The first-order valence-corrected chi connectivity index (χ1v) is 9.47. The summed E-state index contributed by atoms with van der Waals surface area (Å²) in [5.41, 5.74) is 5.93. The second-order valence-corrected chi connectivity index (χ2v) is 7.21. The number of aromatic amines is 1. The van der Waals surface area contributed by atoms with Crippen molar-refractivity contribution in [2.75, 3.05) is 20.6 Å². The Kier molecular flexibility index (Phi) is 6.16. The Morgan fingerprint density at radius 2 is 1.97 bits per heavy atom. The number of hydrogen-bond acceptors (Lipinski definition) is 3. The first kappa shape index (κ1) is 21.0. The molecule has 1 aliphatic rings. The summed E-state index contributed by atoms with van der Waals surface area (Å²) in [5, 5.41) is 2.86. The average Bonchev–Trinajstić information content (AvgIpc) is 3.18. The number of carbonyl (C=O) groups excluding carboxylic acids is 2. The third kappa shape index (κ3) is 4.33. The number of hydrogen-bond donors (Lipinski definition) is 2. The Morgan fingerprint density at radius 1 is 1.13 bits per heavy atom. The highest BCUT2D eigenvalue weighted by Gasteiger charge is 2.19. The van der Waals surface area contributed by atoms with E-state index in [2.05, 4.69) is 15.3 Å². The van der Waals surface area contributed by atoms with Gasteiger partial charge in [0.05, 0.1) is 11.3 Å². The smallest absolute Gasteiger partial charge is 0.253 e. The van der Waals surface area contributed by atoms with Gasteiger partial charge in [0.2, 0.25) is 0 Å². The normalized spacial score (nSPS) is 12.8. The fraction of sp³-hybridized carbons (Fsp3) is 0.208. The number of aromatic nitrogens is 2. The minimum Gasteiger partial charge on any atom is -0.358 e. The van der Waals surface area contributed by atoms with Gasteiger partial charge in [0.1, 0.15) is 0 Å². The van der Waals surface area contributed by atoms with Crippen molar-refractivity contribution in [1.82, 2.24) is 20.2 Å². The summed E-state index contributed by atoms with van der Waals surface area (Å²) in [5.74, 6) is -0.0600. The predicted octanol–water partition coefficient (Wildman–Crippen LogP) is 3.87. The molecule has 2 aromatic heterocycles. The van der Waals surface area contributed by atoms with Gasteiger partial charge in [-0.25, -0.2) is 0 Å². The van der Waals surface area contributed by atoms with E-state index in [4.69, 9.17) is 0 Å². The van der Waals surface area contributed by atoms with Gasteiger partial charge in [-0.15, -0.1) is 0 Å². The second kappa shape index (κ2) is 8.78. The first-order valence-electron chi connectivity index (χ1n) is 9.47. The number of benzene rings is 1. The molecule has 1 aromatic carbocycles. The number of amides is 2. The summed E-state index contributed by atoms with van der Waals surface area (Å²) in [7, 11) is 3.48. The summed E-state index contributed by atoms with van der Waals surface area (Å²) in [6, 6.07) is 13.3. The van der Waals surface area contributed by atoms with Gasteiger partial charge >= 0.3 is 0 Å². The Hall–Kier alpha value is -3.67. The first-order chi connectivity index (χ1) is 14.0. The van der Waals surface area contributed by atoms with E-state index in [1.165, 1.54) is 0 Å². The van der Waals surface area contributed by atoms with Crippen LogP contribution >= 0.6 is 0 Å². The molecule has 0 atom stereocenters. The lowest BCUT2D eigenvalue weighted by Crippen LogP contribution is -2.31. The van der Waals surface area contributed by atoms with Crippen LogP contribution in [0, 0.1) is 0 Å². The van der Waals surface area contributed by atoms with Crippen molar-refractivity contribution < 1.29 is 9.59 Å². The zero-order valence-electron chi connectivity index (χ0n) is 16.4. The van der Waals surface area contributed by atoms with E-state index in [-0.39, 0.29) is 19.2 Å². The maximum absolute atomic E-state index is 12.1. The molecule has 0 spiro atoms. The van der Waals surface area contributed by atoms with Crippen LogP contribution in [0.15, 0.2) is 48.7 Å². The highest BCUT2D eigenvalue weighted by Crippen LogP contribution is 2.24. The van der Waals surface area contributed by atoms with E-state index in [0.29, 0.717) is 17.7 Å². The van der Waals surface area contributed by atoms with Crippen LogP contribution in [-0.4, -0.2) is 47.3 Å². The zero-order chi connectivity index (χ0) is 20.4. The van der Waals surface area contributed by atoms with Gasteiger partial charge in [-0.05, 0) is 42.0 Å². The highest BCUT2D eigenvalue weighted by molar-refractivity contribution is 5.98. The number of H-pyrrole nitrogens is 1. The molecule has 0 fully saturated rings. The minimum atomic E-state index is -0.0323. The van der Waals surface area contributed by atoms with E-state index in [0.717, 1.165) is 34.6 Å². The lowest BCUT2D eigenvalue weighted by molar-refractivity contribution is 0.0827. The van der Waals surface area contributed by atoms with Crippen molar-refractivity contribution in [2.24, 2.45) is 0 Å². The Labute approximate surface area is 176 Å². The number of nitrogens with one attached hydrogen (secondary N) is 2. The number of pyridine rings is 1. The summed E-state index contributed by atoms with van der Waals surface area (Å²) in [6.45, 7) is 0.658. The van der Waals surface area contributed by atoms with Gasteiger partial charge in [-0.3, -0.25) is 14.6 Å². The molecular weight excluding hydrogens is 376 g/mol. The van der Waals surface area contributed by atoms with Gasteiger partial charge in [0.15, 0.2) is 0 Å². The second-order valence-electron chi connectivity index (χ2n) is 7.21. The van der Waals surface area contributed by atoms with Gasteiger partial charge in [0.25, 0.3) is 11.8 Å². The van der Waals surface area contributed by atoms with Crippen molar-refractivity contribution in [3.05, 3.63) is 76.7 Å². The Morgan fingerprint density at radius 3 is 2.73 bits per heavy atom. The van der Waals surface area contributed by atoms with Crippen molar-refractivity contribution in [3.8, 4) is 11.3 Å². The minimum absolute atomic E-state index is 0. The van der Waals surface area contributed by atoms with Crippen molar-refractivity contribution >= 4 is 24.0 Å². The fourth-order valence-corrected chi connectivity index (χ4v) is 3.37. The van der Waals surface area contributed by atoms with E-state index < -0.39 is 0 Å². The zero-order valence-corrected chi connectivity index (χ0v) is 16.4. The van der Waals surface area contributed by atoms with Crippen LogP contribution < -0.4 is 5.32 Å². The van der Waals surface area contributed by atoms with Crippen LogP contribution in [0.5, 0.6) is 0 Å². The van der Waals surface area contributed by atoms with E-state index in [1.54, 1.807) is 25.2 Å². The fourth-order valence-electron chi connectivity index (χ4n) is 3.37. The monoisotopic (exact) mass is 402 g/mol. The van der Waals surface area contributed by atoms with E-state index in [1.807, 2.05) is 54.6 Å². The van der Waals surface area contributed by atoms with Gasteiger partial charge in [0, 0.05) is 55.8 Å². The van der Waals surface area contributed by atoms with Gasteiger partial charge < -0.3 is 15.2 Å². The van der Waals surface area contributed by atoms with Crippen LogP contribution in [0.2, 0.25) is 0 Å². The van der Waals surface area contributed by atoms with Crippen molar-refractivity contribution in [1.29, 1.82) is 0 Å². The molecule has 3 heterocycles. The molecule has 6 nitrogen and oxygen atoms in total. The average molecular weight is 402 g/mol. The highest BCUT2D eigenvalue weighted by atomic mass is 16.2. The van der Waals surface area contributed by atoms with Crippen LogP contribution in [-0.2, 0) is 6.42 Å². The molecule has 30 heavy (non-hydrogen) atoms. The Balaban J connectivity index is 0.00000256. The lowest BCUT2D eigenvalue weighted by atomic mass is 10.1. The maximum Gasteiger partial charge on any atom is 0.253 e. The quantitative estimate of drug-likeness (QED) is 0.695. The maximum atomic E-state index is 12.1.